The van der Waals surface area contributed by atoms with E-state index >= 15 is 0 Å². The molecule has 0 aliphatic carbocycles. The Morgan fingerprint density at radius 3 is 2.41 bits per heavy atom. The number of hydrogen-bond donors (Lipinski definition) is 0. The Morgan fingerprint density at radius 1 is 1.11 bits per heavy atom. The van der Waals surface area contributed by atoms with Crippen molar-refractivity contribution in [2.24, 2.45) is 5.41 Å². The number of ketones is 1. The van der Waals surface area contributed by atoms with Crippen molar-refractivity contribution in [2.75, 3.05) is 0 Å². The highest BCUT2D eigenvalue weighted by molar-refractivity contribution is 5.85. The van der Waals surface area contributed by atoms with Crippen molar-refractivity contribution in [3.05, 3.63) is 77.2 Å². The molecule has 2 aromatic rings. The summed E-state index contributed by atoms with van der Waals surface area (Å²) in [5.41, 5.74) is 0.907. The number of carbonyl (C=O) groups excluding carboxylic acids is 1. The zero-order valence-corrected chi connectivity index (χ0v) is 14.6. The molecule has 5 heteroatoms. The van der Waals surface area contributed by atoms with Crippen molar-refractivity contribution in [1.29, 1.82) is 10.5 Å². The van der Waals surface area contributed by atoms with Crippen LogP contribution in [0.25, 0.3) is 6.08 Å². The SMILES string of the molecule is CC(=O)[C@@H]1[C@H](c2ccc(F)cc2)C(C#N)(C#N)[C@@H]2c3ccccc3C=CN12. The van der Waals surface area contributed by atoms with Gasteiger partial charge >= 0.3 is 0 Å². The number of benzene rings is 2. The maximum Gasteiger partial charge on any atom is 0.177 e. The minimum absolute atomic E-state index is 0.134. The molecular weight excluding hydrogens is 341 g/mol. The van der Waals surface area contributed by atoms with Gasteiger partial charge in [-0.3, -0.25) is 4.79 Å². The molecule has 2 heterocycles. The standard InChI is InChI=1S/C22H16FN3O/c1-14(27)20-19(16-6-8-17(23)9-7-16)22(12-24,13-25)21-18-5-3-2-4-15(18)10-11-26(20)21/h2-11,19-21H,1H3/t19-,20+,21-/m0/s1. The van der Waals surface area contributed by atoms with E-state index in [9.17, 15) is 19.7 Å². The zero-order valence-electron chi connectivity index (χ0n) is 14.6. The predicted molar refractivity (Wildman–Crippen MR) is 97.3 cm³/mol. The van der Waals surface area contributed by atoms with Gasteiger partial charge in [-0.15, -0.1) is 0 Å². The van der Waals surface area contributed by atoms with Crippen molar-refractivity contribution in [3.8, 4) is 12.1 Å². The molecule has 0 N–H and O–H groups in total. The number of halogens is 1. The molecule has 0 spiro atoms. The summed E-state index contributed by atoms with van der Waals surface area (Å²) >= 11 is 0. The van der Waals surface area contributed by atoms with Crippen LogP contribution in [0.5, 0.6) is 0 Å². The fourth-order valence-electron chi connectivity index (χ4n) is 4.50. The van der Waals surface area contributed by atoms with Crippen LogP contribution >= 0.6 is 0 Å². The Kier molecular flexibility index (Phi) is 3.82. The van der Waals surface area contributed by atoms with E-state index in [0.717, 1.165) is 11.1 Å². The second kappa shape index (κ2) is 6.07. The lowest BCUT2D eigenvalue weighted by Gasteiger charge is -2.34. The largest absolute Gasteiger partial charge is 0.357 e. The van der Waals surface area contributed by atoms with Crippen LogP contribution in [-0.4, -0.2) is 16.7 Å². The van der Waals surface area contributed by atoms with Crippen LogP contribution < -0.4 is 0 Å². The first kappa shape index (κ1) is 17.0. The van der Waals surface area contributed by atoms with Gasteiger partial charge in [0, 0.05) is 12.1 Å². The van der Waals surface area contributed by atoms with Crippen LogP contribution in [0.3, 0.4) is 0 Å². The van der Waals surface area contributed by atoms with Gasteiger partial charge in [0.05, 0.1) is 24.2 Å². The topological polar surface area (TPSA) is 67.9 Å². The summed E-state index contributed by atoms with van der Waals surface area (Å²) in [6.45, 7) is 1.47. The third-order valence-electron chi connectivity index (χ3n) is 5.59. The second-order valence-corrected chi connectivity index (χ2v) is 6.97. The average molecular weight is 357 g/mol. The van der Waals surface area contributed by atoms with Gasteiger partial charge in [-0.1, -0.05) is 36.4 Å². The first-order valence-electron chi connectivity index (χ1n) is 8.66. The number of nitriles is 2. The predicted octanol–water partition coefficient (Wildman–Crippen LogP) is 3.94. The molecule has 0 aromatic heterocycles. The fourth-order valence-corrected chi connectivity index (χ4v) is 4.50. The summed E-state index contributed by atoms with van der Waals surface area (Å²) in [6, 6.07) is 16.5. The summed E-state index contributed by atoms with van der Waals surface area (Å²) in [6.07, 6.45) is 3.69. The van der Waals surface area contributed by atoms with Crippen LogP contribution in [0.15, 0.2) is 54.7 Å². The minimum atomic E-state index is -1.48. The highest BCUT2D eigenvalue weighted by Crippen LogP contribution is 2.59. The molecule has 0 bridgehead atoms. The summed E-state index contributed by atoms with van der Waals surface area (Å²) in [5.74, 6) is -1.23. The van der Waals surface area contributed by atoms with E-state index in [1.165, 1.54) is 19.1 Å². The molecule has 4 nitrogen and oxygen atoms in total. The van der Waals surface area contributed by atoms with E-state index in [4.69, 9.17) is 0 Å². The van der Waals surface area contributed by atoms with E-state index in [2.05, 4.69) is 12.1 Å². The van der Waals surface area contributed by atoms with Crippen LogP contribution in [-0.2, 0) is 4.79 Å². The summed E-state index contributed by atoms with van der Waals surface area (Å²) < 4.78 is 13.5. The van der Waals surface area contributed by atoms with Crippen LogP contribution in [0.1, 0.15) is 35.6 Å². The molecular formula is C22H16FN3O. The van der Waals surface area contributed by atoms with Gasteiger partial charge in [0.2, 0.25) is 0 Å². The van der Waals surface area contributed by atoms with E-state index in [0.29, 0.717) is 5.56 Å². The second-order valence-electron chi connectivity index (χ2n) is 6.97. The van der Waals surface area contributed by atoms with E-state index in [1.807, 2.05) is 35.2 Å². The summed E-state index contributed by atoms with van der Waals surface area (Å²) in [5, 5.41) is 20.3. The Bertz CT molecular complexity index is 1010. The van der Waals surface area contributed by atoms with Gasteiger partial charge in [0.1, 0.15) is 5.82 Å². The molecule has 2 aliphatic heterocycles. The fraction of sp³-hybridized carbons (Fsp3) is 0.227. The van der Waals surface area contributed by atoms with E-state index in [1.54, 1.807) is 18.3 Å². The molecule has 0 saturated carbocycles. The van der Waals surface area contributed by atoms with Crippen molar-refractivity contribution < 1.29 is 9.18 Å². The summed E-state index contributed by atoms with van der Waals surface area (Å²) in [7, 11) is 0. The maximum atomic E-state index is 13.5. The van der Waals surface area contributed by atoms with Crippen molar-refractivity contribution in [2.45, 2.75) is 24.9 Å². The number of nitrogens with zero attached hydrogens (tertiary/aromatic N) is 3. The molecule has 132 valence electrons. The Hall–Kier alpha value is -3.44. The van der Waals surface area contributed by atoms with Crippen LogP contribution in [0.2, 0.25) is 0 Å². The quantitative estimate of drug-likeness (QED) is 0.816. The molecule has 0 unspecified atom stereocenters. The molecule has 1 fully saturated rings. The highest BCUT2D eigenvalue weighted by Gasteiger charge is 2.63. The summed E-state index contributed by atoms with van der Waals surface area (Å²) in [4.78, 5) is 14.4. The van der Waals surface area contributed by atoms with Crippen molar-refractivity contribution in [3.63, 3.8) is 0 Å². The highest BCUT2D eigenvalue weighted by atomic mass is 19.1. The van der Waals surface area contributed by atoms with Crippen molar-refractivity contribution >= 4 is 11.9 Å². The number of carbonyl (C=O) groups is 1. The van der Waals surface area contributed by atoms with E-state index < -0.39 is 29.2 Å². The van der Waals surface area contributed by atoms with Gasteiger partial charge < -0.3 is 4.90 Å². The third-order valence-corrected chi connectivity index (χ3v) is 5.59. The lowest BCUT2D eigenvalue weighted by atomic mass is 9.68. The Labute approximate surface area is 156 Å². The minimum Gasteiger partial charge on any atom is -0.357 e. The van der Waals surface area contributed by atoms with Gasteiger partial charge in [-0.05, 0) is 41.8 Å². The molecule has 3 atom stereocenters. The molecule has 1 saturated heterocycles. The average Bonchev–Trinajstić information content (AvgIpc) is 3.00. The maximum absolute atomic E-state index is 13.5. The molecule has 0 amide bonds. The van der Waals surface area contributed by atoms with Crippen LogP contribution in [0.4, 0.5) is 4.39 Å². The van der Waals surface area contributed by atoms with Gasteiger partial charge in [-0.2, -0.15) is 10.5 Å². The van der Waals surface area contributed by atoms with Crippen LogP contribution in [0, 0.1) is 33.9 Å². The molecule has 2 aliphatic rings. The van der Waals surface area contributed by atoms with E-state index in [-0.39, 0.29) is 5.78 Å². The molecule has 27 heavy (non-hydrogen) atoms. The number of rotatable bonds is 2. The Morgan fingerprint density at radius 2 is 1.78 bits per heavy atom. The van der Waals surface area contributed by atoms with Gasteiger partial charge in [0.25, 0.3) is 0 Å². The smallest absolute Gasteiger partial charge is 0.177 e. The molecule has 0 radical (unpaired) electrons. The third kappa shape index (κ3) is 2.29. The number of Topliss-reactive ketones (excluding diaryl/α,β-unsaturated/α-hetero) is 1. The number of fused-ring (bicyclic) bond motifs is 3. The normalized spacial score (nSPS) is 24.4. The van der Waals surface area contributed by atoms with Crippen molar-refractivity contribution in [1.82, 2.24) is 4.90 Å². The molecule has 4 rings (SSSR count). The lowest BCUT2D eigenvalue weighted by Crippen LogP contribution is -2.36. The lowest BCUT2D eigenvalue weighted by molar-refractivity contribution is -0.121. The monoisotopic (exact) mass is 357 g/mol. The van der Waals surface area contributed by atoms with Gasteiger partial charge in [-0.25, -0.2) is 4.39 Å². The Balaban J connectivity index is 2.00. The van der Waals surface area contributed by atoms with Gasteiger partial charge in [0.15, 0.2) is 11.2 Å². The first-order chi connectivity index (χ1) is 13.0. The number of hydrogen-bond acceptors (Lipinski definition) is 4. The first-order valence-corrected chi connectivity index (χ1v) is 8.66. The molecule has 2 aromatic carbocycles. The zero-order chi connectivity index (χ0) is 19.2.